The van der Waals surface area contributed by atoms with Crippen LogP contribution in [-0.2, 0) is 4.74 Å². The number of methoxy groups -OCH3 is 1. The first-order chi connectivity index (χ1) is 6.06. The Bertz CT molecular complexity index is 351. The normalized spacial score (nSPS) is 9.69. The highest BCUT2D eigenvalue weighted by atomic mass is 19.1. The number of rotatable bonds is 1. The molecule has 0 fully saturated rings. The van der Waals surface area contributed by atoms with Gasteiger partial charge in [0.25, 0.3) is 0 Å². The molecule has 1 aromatic rings. The average molecular weight is 180 g/mol. The van der Waals surface area contributed by atoms with Gasteiger partial charge in [0.2, 0.25) is 0 Å². The molecule has 2 radical (unpaired) electrons. The molecule has 0 saturated carbocycles. The maximum atomic E-state index is 12.7. The molecule has 66 valence electrons. The fourth-order valence-corrected chi connectivity index (χ4v) is 0.853. The number of benzene rings is 1. The van der Waals surface area contributed by atoms with Gasteiger partial charge < -0.3 is 9.84 Å². The van der Waals surface area contributed by atoms with Crippen LogP contribution in [0.1, 0.15) is 10.4 Å². The summed E-state index contributed by atoms with van der Waals surface area (Å²) < 4.78 is 17.0. The van der Waals surface area contributed by atoms with E-state index in [4.69, 9.17) is 13.0 Å². The molecular weight excluding hydrogens is 174 g/mol. The van der Waals surface area contributed by atoms with Crippen LogP contribution in [0.5, 0.6) is 5.75 Å². The molecule has 0 spiro atoms. The van der Waals surface area contributed by atoms with Crippen LogP contribution < -0.4 is 5.46 Å². The molecule has 0 bridgehead atoms. The number of phenolic OH excluding ortho intramolecular Hbond substituents is 1. The Morgan fingerprint density at radius 3 is 2.77 bits per heavy atom. The molecule has 0 saturated heterocycles. The molecule has 0 aliphatic heterocycles. The summed E-state index contributed by atoms with van der Waals surface area (Å²) in [4.78, 5) is 10.9. The van der Waals surface area contributed by atoms with E-state index in [1.54, 1.807) is 0 Å². The van der Waals surface area contributed by atoms with Crippen LogP contribution in [0.3, 0.4) is 0 Å². The zero-order valence-electron chi connectivity index (χ0n) is 6.87. The van der Waals surface area contributed by atoms with Gasteiger partial charge in [-0.1, -0.05) is 5.46 Å². The van der Waals surface area contributed by atoms with Crippen LogP contribution in [0, 0.1) is 5.82 Å². The molecule has 5 heteroatoms. The van der Waals surface area contributed by atoms with E-state index < -0.39 is 17.5 Å². The van der Waals surface area contributed by atoms with Crippen molar-refractivity contribution in [2.45, 2.75) is 0 Å². The molecule has 0 unspecified atom stereocenters. The Labute approximate surface area is 75.5 Å². The maximum Gasteiger partial charge on any atom is 0.341 e. The second-order valence-corrected chi connectivity index (χ2v) is 2.38. The molecule has 3 nitrogen and oxygen atoms in total. The van der Waals surface area contributed by atoms with Crippen molar-refractivity contribution in [3.8, 4) is 5.75 Å². The maximum absolute atomic E-state index is 12.7. The van der Waals surface area contributed by atoms with Crippen LogP contribution >= 0.6 is 0 Å². The standard InChI is InChI=1S/C8H6BFO3/c1-13-8(12)4-2-5(9)6(10)3-7(4)11/h2-3,11H,1H3. The largest absolute Gasteiger partial charge is 0.507 e. The van der Waals surface area contributed by atoms with E-state index in [9.17, 15) is 9.18 Å². The van der Waals surface area contributed by atoms with E-state index in [1.165, 1.54) is 0 Å². The Kier molecular flexibility index (Phi) is 2.56. The quantitative estimate of drug-likeness (QED) is 0.492. The fraction of sp³-hybridized carbons (Fsp3) is 0.125. The Morgan fingerprint density at radius 1 is 1.62 bits per heavy atom. The second kappa shape index (κ2) is 3.47. The minimum atomic E-state index is -0.773. The zero-order chi connectivity index (χ0) is 10.0. The highest BCUT2D eigenvalue weighted by molar-refractivity contribution is 6.33. The summed E-state index contributed by atoms with van der Waals surface area (Å²) in [5.41, 5.74) is -0.361. The van der Waals surface area contributed by atoms with Gasteiger partial charge >= 0.3 is 5.97 Å². The fourth-order valence-electron chi connectivity index (χ4n) is 0.853. The van der Waals surface area contributed by atoms with Gasteiger partial charge in [-0.25, -0.2) is 9.18 Å². The number of hydrogen-bond acceptors (Lipinski definition) is 3. The third kappa shape index (κ3) is 1.80. The summed E-state index contributed by atoms with van der Waals surface area (Å²) in [7, 11) is 6.34. The summed E-state index contributed by atoms with van der Waals surface area (Å²) in [6.07, 6.45) is 0. The lowest BCUT2D eigenvalue weighted by Crippen LogP contribution is -2.12. The minimum Gasteiger partial charge on any atom is -0.507 e. The number of carbonyl (C=O) groups excluding carboxylic acids is 1. The van der Waals surface area contributed by atoms with Crippen molar-refractivity contribution in [1.82, 2.24) is 0 Å². The number of hydrogen-bond donors (Lipinski definition) is 1. The highest BCUT2D eigenvalue weighted by Crippen LogP contribution is 2.16. The third-order valence-corrected chi connectivity index (χ3v) is 1.52. The third-order valence-electron chi connectivity index (χ3n) is 1.52. The smallest absolute Gasteiger partial charge is 0.341 e. The van der Waals surface area contributed by atoms with Crippen LogP contribution in [0.25, 0.3) is 0 Å². The van der Waals surface area contributed by atoms with E-state index in [-0.39, 0.29) is 11.0 Å². The van der Waals surface area contributed by atoms with Gasteiger partial charge in [-0.05, 0) is 6.07 Å². The molecular formula is C8H6BFO3. The average Bonchev–Trinajstić information content (AvgIpc) is 2.10. The van der Waals surface area contributed by atoms with E-state index >= 15 is 0 Å². The molecule has 0 aliphatic carbocycles. The lowest BCUT2D eigenvalue weighted by Gasteiger charge is -2.04. The van der Waals surface area contributed by atoms with Gasteiger partial charge in [-0.15, -0.1) is 0 Å². The van der Waals surface area contributed by atoms with E-state index in [0.29, 0.717) is 0 Å². The van der Waals surface area contributed by atoms with Crippen LogP contribution in [-0.4, -0.2) is 26.0 Å². The van der Waals surface area contributed by atoms with E-state index in [2.05, 4.69) is 4.74 Å². The molecule has 1 N–H and O–H groups in total. The minimum absolute atomic E-state index is 0.151. The van der Waals surface area contributed by atoms with Crippen LogP contribution in [0.15, 0.2) is 12.1 Å². The first-order valence-corrected chi connectivity index (χ1v) is 3.42. The molecule has 0 heterocycles. The summed E-state index contributed by atoms with van der Waals surface area (Å²) >= 11 is 0. The number of esters is 1. The van der Waals surface area contributed by atoms with Crippen molar-refractivity contribution < 1.29 is 19.0 Å². The Hall–Kier alpha value is -1.52. The number of phenols is 1. The van der Waals surface area contributed by atoms with Crippen molar-refractivity contribution in [1.29, 1.82) is 0 Å². The first-order valence-electron chi connectivity index (χ1n) is 3.42. The Morgan fingerprint density at radius 2 is 2.23 bits per heavy atom. The summed E-state index contributed by atoms with van der Waals surface area (Å²) in [5.74, 6) is -2.02. The topological polar surface area (TPSA) is 46.5 Å². The molecule has 1 aromatic carbocycles. The SMILES string of the molecule is [B]c1cc(C(=O)OC)c(O)cc1F. The van der Waals surface area contributed by atoms with Gasteiger partial charge in [0.1, 0.15) is 25.0 Å². The van der Waals surface area contributed by atoms with Crippen molar-refractivity contribution in [3.63, 3.8) is 0 Å². The van der Waals surface area contributed by atoms with E-state index in [1.807, 2.05) is 0 Å². The van der Waals surface area contributed by atoms with Crippen LogP contribution in [0.4, 0.5) is 4.39 Å². The summed E-state index contributed by atoms with van der Waals surface area (Å²) in [6, 6.07) is 1.79. The summed E-state index contributed by atoms with van der Waals surface area (Å²) in [5, 5.41) is 9.12. The second-order valence-electron chi connectivity index (χ2n) is 2.38. The summed E-state index contributed by atoms with van der Waals surface area (Å²) in [6.45, 7) is 0. The number of ether oxygens (including phenoxy) is 1. The molecule has 0 atom stereocenters. The van der Waals surface area contributed by atoms with Gasteiger partial charge in [0.05, 0.1) is 7.11 Å². The molecule has 0 aliphatic rings. The number of halogens is 1. The van der Waals surface area contributed by atoms with Crippen molar-refractivity contribution in [3.05, 3.63) is 23.5 Å². The monoisotopic (exact) mass is 180 g/mol. The Balaban J connectivity index is 3.23. The van der Waals surface area contributed by atoms with Crippen molar-refractivity contribution >= 4 is 19.3 Å². The van der Waals surface area contributed by atoms with Crippen molar-refractivity contribution in [2.75, 3.05) is 7.11 Å². The van der Waals surface area contributed by atoms with Crippen LogP contribution in [0.2, 0.25) is 0 Å². The number of aromatic hydroxyl groups is 1. The zero-order valence-corrected chi connectivity index (χ0v) is 6.87. The van der Waals surface area contributed by atoms with Gasteiger partial charge in [0.15, 0.2) is 0 Å². The first kappa shape index (κ1) is 9.57. The predicted molar refractivity (Wildman–Crippen MR) is 44.8 cm³/mol. The lowest BCUT2D eigenvalue weighted by atomic mass is 9.93. The lowest BCUT2D eigenvalue weighted by molar-refractivity contribution is 0.0597. The van der Waals surface area contributed by atoms with Crippen molar-refractivity contribution in [2.24, 2.45) is 0 Å². The molecule has 13 heavy (non-hydrogen) atoms. The molecule has 0 amide bonds. The number of carbonyl (C=O) groups is 1. The predicted octanol–water partition coefficient (Wildman–Crippen LogP) is 0.112. The highest BCUT2D eigenvalue weighted by Gasteiger charge is 2.13. The molecule has 1 rings (SSSR count). The molecule has 0 aromatic heterocycles. The van der Waals surface area contributed by atoms with Gasteiger partial charge in [-0.2, -0.15) is 0 Å². The van der Waals surface area contributed by atoms with Gasteiger partial charge in [-0.3, -0.25) is 0 Å². The van der Waals surface area contributed by atoms with E-state index in [0.717, 1.165) is 19.2 Å². The van der Waals surface area contributed by atoms with Gasteiger partial charge in [0, 0.05) is 6.07 Å².